The molecule has 1 heterocycles. The number of nitrogens with one attached hydrogen (secondary N) is 1. The van der Waals surface area contributed by atoms with Gasteiger partial charge in [0, 0.05) is 11.6 Å². The van der Waals surface area contributed by atoms with E-state index in [9.17, 15) is 14.4 Å². The summed E-state index contributed by atoms with van der Waals surface area (Å²) in [6, 6.07) is 18.5. The minimum atomic E-state index is -0.436. The molecule has 1 aliphatic rings. The van der Waals surface area contributed by atoms with E-state index < -0.39 is 17.9 Å². The highest BCUT2D eigenvalue weighted by Gasteiger charge is 2.39. The third-order valence-electron chi connectivity index (χ3n) is 5.50. The van der Waals surface area contributed by atoms with Crippen LogP contribution in [0.4, 0.5) is 5.69 Å². The van der Waals surface area contributed by atoms with E-state index in [0.717, 1.165) is 5.56 Å². The largest absolute Gasteiger partial charge is 0.497 e. The first-order chi connectivity index (χ1) is 15.4. The average Bonchev–Trinajstić information content (AvgIpc) is 3.08. The van der Waals surface area contributed by atoms with Gasteiger partial charge in [-0.25, -0.2) is 0 Å². The fourth-order valence-electron chi connectivity index (χ4n) is 3.74. The molecule has 3 amide bonds. The van der Waals surface area contributed by atoms with Crippen LogP contribution >= 0.6 is 0 Å². The number of benzene rings is 3. The molecule has 0 saturated heterocycles. The highest BCUT2D eigenvalue weighted by Crippen LogP contribution is 2.33. The molecule has 0 aliphatic carbocycles. The minimum absolute atomic E-state index is 0.211. The van der Waals surface area contributed by atoms with Crippen LogP contribution in [-0.2, 0) is 0 Å². The van der Waals surface area contributed by atoms with Gasteiger partial charge in [0.2, 0.25) is 0 Å². The van der Waals surface area contributed by atoms with Crippen LogP contribution in [0.5, 0.6) is 11.5 Å². The summed E-state index contributed by atoms with van der Waals surface area (Å²) in [4.78, 5) is 40.1. The molecule has 162 valence electrons. The Morgan fingerprint density at radius 2 is 1.59 bits per heavy atom. The van der Waals surface area contributed by atoms with Gasteiger partial charge in [0.15, 0.2) is 0 Å². The summed E-state index contributed by atoms with van der Waals surface area (Å²) in [6.07, 6.45) is 0. The molecular formula is C25H22N2O5. The maximum atomic E-state index is 13.1. The first kappa shape index (κ1) is 21.1. The fourth-order valence-corrected chi connectivity index (χ4v) is 3.74. The molecule has 0 radical (unpaired) electrons. The summed E-state index contributed by atoms with van der Waals surface area (Å²) in [5.41, 5.74) is 2.03. The number of anilines is 1. The Morgan fingerprint density at radius 3 is 2.28 bits per heavy atom. The van der Waals surface area contributed by atoms with Crippen molar-refractivity contribution < 1.29 is 23.9 Å². The summed E-state index contributed by atoms with van der Waals surface area (Å²) >= 11 is 0. The second-order valence-electron chi connectivity index (χ2n) is 7.35. The van der Waals surface area contributed by atoms with Gasteiger partial charge < -0.3 is 14.8 Å². The molecule has 1 aliphatic heterocycles. The van der Waals surface area contributed by atoms with Crippen molar-refractivity contribution in [1.29, 1.82) is 0 Å². The number of carbonyl (C=O) groups excluding carboxylic acids is 3. The molecule has 3 aromatic carbocycles. The summed E-state index contributed by atoms with van der Waals surface area (Å²) < 4.78 is 10.5. The van der Waals surface area contributed by atoms with Crippen molar-refractivity contribution in [1.82, 2.24) is 4.90 Å². The lowest BCUT2D eigenvalue weighted by atomic mass is 10.1. The molecule has 0 bridgehead atoms. The van der Waals surface area contributed by atoms with Crippen molar-refractivity contribution in [3.05, 3.63) is 89.0 Å². The Kier molecular flexibility index (Phi) is 5.64. The van der Waals surface area contributed by atoms with Crippen LogP contribution in [0.2, 0.25) is 0 Å². The number of imide groups is 1. The molecular weight excluding hydrogens is 408 g/mol. The van der Waals surface area contributed by atoms with Crippen molar-refractivity contribution >= 4 is 23.4 Å². The van der Waals surface area contributed by atoms with Crippen LogP contribution in [0.25, 0.3) is 0 Å². The molecule has 7 nitrogen and oxygen atoms in total. The minimum Gasteiger partial charge on any atom is -0.497 e. The summed E-state index contributed by atoms with van der Waals surface area (Å²) in [7, 11) is 3.03. The van der Waals surface area contributed by atoms with E-state index in [1.54, 1.807) is 25.1 Å². The molecule has 7 heteroatoms. The standard InChI is InChI=1S/C25H22N2O5/c1-15(16-7-5-4-6-8-16)27-24(29)19-11-9-17(13-20(19)25(27)30)23(28)26-21-14-18(31-2)10-12-22(21)32-3/h4-15H,1-3H3,(H,26,28). The molecule has 0 fully saturated rings. The van der Waals surface area contributed by atoms with E-state index in [4.69, 9.17) is 9.47 Å². The molecule has 3 aromatic rings. The third kappa shape index (κ3) is 3.69. The molecule has 0 aromatic heterocycles. The lowest BCUT2D eigenvalue weighted by Gasteiger charge is -2.22. The highest BCUT2D eigenvalue weighted by molar-refractivity contribution is 6.22. The van der Waals surface area contributed by atoms with Crippen LogP contribution in [0, 0.1) is 0 Å². The number of amides is 3. The monoisotopic (exact) mass is 430 g/mol. The van der Waals surface area contributed by atoms with Gasteiger partial charge in [-0.3, -0.25) is 19.3 Å². The Hall–Kier alpha value is -4.13. The molecule has 32 heavy (non-hydrogen) atoms. The van der Waals surface area contributed by atoms with Crippen molar-refractivity contribution in [2.75, 3.05) is 19.5 Å². The van der Waals surface area contributed by atoms with E-state index in [0.29, 0.717) is 17.2 Å². The van der Waals surface area contributed by atoms with Crippen molar-refractivity contribution in [2.45, 2.75) is 13.0 Å². The van der Waals surface area contributed by atoms with Crippen LogP contribution < -0.4 is 14.8 Å². The molecule has 0 spiro atoms. The zero-order valence-electron chi connectivity index (χ0n) is 17.9. The molecule has 1 atom stereocenters. The van der Waals surface area contributed by atoms with E-state index in [1.165, 1.54) is 37.3 Å². The Bertz CT molecular complexity index is 1210. The van der Waals surface area contributed by atoms with Gasteiger partial charge in [-0.1, -0.05) is 30.3 Å². The van der Waals surface area contributed by atoms with Crippen LogP contribution in [0.15, 0.2) is 66.7 Å². The van der Waals surface area contributed by atoms with Gasteiger partial charge in [-0.05, 0) is 42.8 Å². The first-order valence-electron chi connectivity index (χ1n) is 10.0. The molecule has 0 saturated carbocycles. The normalized spacial score (nSPS) is 13.5. The number of ether oxygens (including phenoxy) is 2. The van der Waals surface area contributed by atoms with Gasteiger partial charge in [0.25, 0.3) is 17.7 Å². The number of carbonyl (C=O) groups is 3. The SMILES string of the molecule is COc1ccc(OC)c(NC(=O)c2ccc3c(c2)C(=O)N(C(C)c2ccccc2)C3=O)c1. The lowest BCUT2D eigenvalue weighted by Crippen LogP contribution is -2.32. The Balaban J connectivity index is 1.61. The molecule has 1 N–H and O–H groups in total. The average molecular weight is 430 g/mol. The van der Waals surface area contributed by atoms with Gasteiger partial charge in [0.1, 0.15) is 11.5 Å². The van der Waals surface area contributed by atoms with E-state index in [2.05, 4.69) is 5.32 Å². The number of fused-ring (bicyclic) bond motifs is 1. The first-order valence-corrected chi connectivity index (χ1v) is 10.0. The molecule has 1 unspecified atom stereocenters. The Labute approximate surface area is 185 Å². The summed E-state index contributed by atoms with van der Waals surface area (Å²) in [6.45, 7) is 1.81. The zero-order valence-corrected chi connectivity index (χ0v) is 17.9. The van der Waals surface area contributed by atoms with Gasteiger partial charge >= 0.3 is 0 Å². The number of hydrogen-bond acceptors (Lipinski definition) is 5. The van der Waals surface area contributed by atoms with E-state index >= 15 is 0 Å². The third-order valence-corrected chi connectivity index (χ3v) is 5.50. The predicted molar refractivity (Wildman–Crippen MR) is 119 cm³/mol. The fraction of sp³-hybridized carbons (Fsp3) is 0.160. The van der Waals surface area contributed by atoms with Crippen LogP contribution in [0.3, 0.4) is 0 Å². The van der Waals surface area contributed by atoms with Crippen LogP contribution in [0.1, 0.15) is 49.6 Å². The number of methoxy groups -OCH3 is 2. The van der Waals surface area contributed by atoms with Crippen molar-refractivity contribution in [2.24, 2.45) is 0 Å². The second kappa shape index (κ2) is 8.55. The maximum Gasteiger partial charge on any atom is 0.262 e. The number of hydrogen-bond donors (Lipinski definition) is 1. The van der Waals surface area contributed by atoms with Crippen molar-refractivity contribution in [3.8, 4) is 11.5 Å². The van der Waals surface area contributed by atoms with Crippen molar-refractivity contribution in [3.63, 3.8) is 0 Å². The maximum absolute atomic E-state index is 13.1. The number of rotatable bonds is 6. The highest BCUT2D eigenvalue weighted by atomic mass is 16.5. The molecule has 4 rings (SSSR count). The smallest absolute Gasteiger partial charge is 0.262 e. The van der Waals surface area contributed by atoms with Gasteiger partial charge in [-0.15, -0.1) is 0 Å². The van der Waals surface area contributed by atoms with Gasteiger partial charge in [-0.2, -0.15) is 0 Å². The zero-order chi connectivity index (χ0) is 22.8. The second-order valence-corrected chi connectivity index (χ2v) is 7.35. The summed E-state index contributed by atoms with van der Waals surface area (Å²) in [5.74, 6) is -0.206. The quantitative estimate of drug-likeness (QED) is 0.589. The predicted octanol–water partition coefficient (Wildman–Crippen LogP) is 4.31. The van der Waals surface area contributed by atoms with Gasteiger partial charge in [0.05, 0.1) is 37.1 Å². The van der Waals surface area contributed by atoms with Crippen LogP contribution in [-0.4, -0.2) is 36.8 Å². The summed E-state index contributed by atoms with van der Waals surface area (Å²) in [5, 5.41) is 2.78. The van der Waals surface area contributed by atoms with E-state index in [1.807, 2.05) is 30.3 Å². The Morgan fingerprint density at radius 1 is 0.875 bits per heavy atom. The topological polar surface area (TPSA) is 84.9 Å². The van der Waals surface area contributed by atoms with E-state index in [-0.39, 0.29) is 22.6 Å². The lowest BCUT2D eigenvalue weighted by molar-refractivity contribution is 0.0595. The number of nitrogens with zero attached hydrogens (tertiary/aromatic N) is 1.